The van der Waals surface area contributed by atoms with Gasteiger partial charge in [0.05, 0.1) is 17.7 Å². The van der Waals surface area contributed by atoms with Gasteiger partial charge in [0.1, 0.15) is 5.75 Å². The highest BCUT2D eigenvalue weighted by Crippen LogP contribution is 2.25. The van der Waals surface area contributed by atoms with Crippen molar-refractivity contribution < 1.29 is 19.1 Å². The van der Waals surface area contributed by atoms with E-state index in [0.29, 0.717) is 11.4 Å². The Morgan fingerprint density at radius 1 is 1.07 bits per heavy atom. The van der Waals surface area contributed by atoms with E-state index >= 15 is 0 Å². The zero-order chi connectivity index (χ0) is 20.2. The Kier molecular flexibility index (Phi) is 6.50. The SMILES string of the molecule is COC(=O)c1cc(NC(=O)C(C)Oc2ccc(C(C)(C)C)cc2)ccc1Cl. The van der Waals surface area contributed by atoms with Gasteiger partial charge in [-0.3, -0.25) is 4.79 Å². The van der Waals surface area contributed by atoms with Gasteiger partial charge in [-0.25, -0.2) is 4.79 Å². The van der Waals surface area contributed by atoms with Crippen LogP contribution in [0.3, 0.4) is 0 Å². The molecule has 0 radical (unpaired) electrons. The van der Waals surface area contributed by atoms with Gasteiger partial charge in [-0.2, -0.15) is 0 Å². The van der Waals surface area contributed by atoms with Crippen LogP contribution in [0.4, 0.5) is 5.69 Å². The average Bonchev–Trinajstić information content (AvgIpc) is 2.62. The van der Waals surface area contributed by atoms with Crippen LogP contribution in [0.5, 0.6) is 5.75 Å². The summed E-state index contributed by atoms with van der Waals surface area (Å²) in [5, 5.41) is 2.97. The number of benzene rings is 2. The molecular formula is C21H24ClNO4. The summed E-state index contributed by atoms with van der Waals surface area (Å²) >= 11 is 5.98. The van der Waals surface area contributed by atoms with Crippen molar-refractivity contribution in [2.45, 2.75) is 39.2 Å². The second-order valence-electron chi connectivity index (χ2n) is 7.21. The Bertz CT molecular complexity index is 825. The van der Waals surface area contributed by atoms with Crippen LogP contribution in [-0.4, -0.2) is 25.1 Å². The Labute approximate surface area is 164 Å². The molecule has 2 aromatic rings. The number of anilines is 1. The number of methoxy groups -OCH3 is 1. The molecule has 6 heteroatoms. The third-order valence-corrected chi connectivity index (χ3v) is 4.37. The largest absolute Gasteiger partial charge is 0.481 e. The molecule has 0 bridgehead atoms. The summed E-state index contributed by atoms with van der Waals surface area (Å²) < 4.78 is 10.4. The molecule has 0 aliphatic heterocycles. The quantitative estimate of drug-likeness (QED) is 0.744. The normalized spacial score (nSPS) is 12.2. The Morgan fingerprint density at radius 2 is 1.70 bits per heavy atom. The Balaban J connectivity index is 2.04. The Hall–Kier alpha value is -2.53. The van der Waals surface area contributed by atoms with Gasteiger partial charge in [0.25, 0.3) is 5.91 Å². The van der Waals surface area contributed by atoms with E-state index in [1.165, 1.54) is 24.8 Å². The number of amides is 1. The highest BCUT2D eigenvalue weighted by molar-refractivity contribution is 6.33. The van der Waals surface area contributed by atoms with Gasteiger partial charge in [-0.1, -0.05) is 44.5 Å². The van der Waals surface area contributed by atoms with E-state index in [-0.39, 0.29) is 21.9 Å². The molecule has 1 atom stereocenters. The van der Waals surface area contributed by atoms with Gasteiger partial charge >= 0.3 is 5.97 Å². The maximum atomic E-state index is 12.4. The summed E-state index contributed by atoms with van der Waals surface area (Å²) in [6.07, 6.45) is -0.720. The van der Waals surface area contributed by atoms with E-state index in [4.69, 9.17) is 16.3 Å². The fraction of sp³-hybridized carbons (Fsp3) is 0.333. The second kappa shape index (κ2) is 8.44. The highest BCUT2D eigenvalue weighted by atomic mass is 35.5. The maximum Gasteiger partial charge on any atom is 0.339 e. The fourth-order valence-corrected chi connectivity index (χ4v) is 2.60. The van der Waals surface area contributed by atoms with E-state index in [1.807, 2.05) is 24.3 Å². The third-order valence-electron chi connectivity index (χ3n) is 4.04. The average molecular weight is 390 g/mol. The Morgan fingerprint density at radius 3 is 2.26 bits per heavy atom. The lowest BCUT2D eigenvalue weighted by molar-refractivity contribution is -0.122. The minimum Gasteiger partial charge on any atom is -0.481 e. The molecule has 2 rings (SSSR count). The molecule has 0 aliphatic carbocycles. The number of hydrogen-bond donors (Lipinski definition) is 1. The lowest BCUT2D eigenvalue weighted by atomic mass is 9.87. The van der Waals surface area contributed by atoms with Gasteiger partial charge in [-0.05, 0) is 48.2 Å². The summed E-state index contributed by atoms with van der Waals surface area (Å²) in [6, 6.07) is 12.3. The van der Waals surface area contributed by atoms with Crippen LogP contribution in [0.2, 0.25) is 5.02 Å². The zero-order valence-electron chi connectivity index (χ0n) is 16.1. The first kappa shape index (κ1) is 20.8. The van der Waals surface area contributed by atoms with Crippen LogP contribution in [0.1, 0.15) is 43.6 Å². The predicted octanol–water partition coefficient (Wildman–Crippen LogP) is 4.83. The van der Waals surface area contributed by atoms with Gasteiger partial charge in [-0.15, -0.1) is 0 Å². The van der Waals surface area contributed by atoms with Crippen molar-refractivity contribution in [1.82, 2.24) is 0 Å². The van der Waals surface area contributed by atoms with E-state index in [9.17, 15) is 9.59 Å². The standard InChI is InChI=1S/C21H24ClNO4/c1-13(27-16-9-6-14(7-10-16)21(2,3)4)19(24)23-15-8-11-18(22)17(12-15)20(25)26-5/h6-13H,1-5H3,(H,23,24). The third kappa shape index (κ3) is 5.47. The van der Waals surface area contributed by atoms with Crippen LogP contribution < -0.4 is 10.1 Å². The van der Waals surface area contributed by atoms with Crippen molar-refractivity contribution >= 4 is 29.2 Å². The van der Waals surface area contributed by atoms with Crippen molar-refractivity contribution in [3.05, 3.63) is 58.6 Å². The van der Waals surface area contributed by atoms with E-state index in [1.54, 1.807) is 13.0 Å². The zero-order valence-corrected chi connectivity index (χ0v) is 16.9. The van der Waals surface area contributed by atoms with Crippen LogP contribution in [0.25, 0.3) is 0 Å². The fourth-order valence-electron chi connectivity index (χ4n) is 2.40. The number of carbonyl (C=O) groups excluding carboxylic acids is 2. The molecule has 5 nitrogen and oxygen atoms in total. The molecule has 2 aromatic carbocycles. The highest BCUT2D eigenvalue weighted by Gasteiger charge is 2.18. The molecule has 0 heterocycles. The molecule has 0 aliphatic rings. The molecule has 1 amide bonds. The summed E-state index contributed by atoms with van der Waals surface area (Å²) in [4.78, 5) is 24.1. The summed E-state index contributed by atoms with van der Waals surface area (Å²) in [5.74, 6) is -0.302. The number of esters is 1. The van der Waals surface area contributed by atoms with Gasteiger partial charge in [0.15, 0.2) is 6.10 Å². The summed E-state index contributed by atoms with van der Waals surface area (Å²) in [5.41, 5.74) is 1.85. The molecule has 0 saturated carbocycles. The lowest BCUT2D eigenvalue weighted by Crippen LogP contribution is -2.30. The van der Waals surface area contributed by atoms with Crippen molar-refractivity contribution in [1.29, 1.82) is 0 Å². The maximum absolute atomic E-state index is 12.4. The van der Waals surface area contributed by atoms with Crippen molar-refractivity contribution in [2.75, 3.05) is 12.4 Å². The van der Waals surface area contributed by atoms with Gasteiger partial charge in [0.2, 0.25) is 0 Å². The molecule has 0 spiro atoms. The minimum absolute atomic E-state index is 0.0491. The predicted molar refractivity (Wildman–Crippen MR) is 107 cm³/mol. The minimum atomic E-state index is -0.720. The summed E-state index contributed by atoms with van der Waals surface area (Å²) in [7, 11) is 1.27. The summed E-state index contributed by atoms with van der Waals surface area (Å²) in [6.45, 7) is 8.05. The molecule has 144 valence electrons. The first-order valence-electron chi connectivity index (χ1n) is 8.57. The smallest absolute Gasteiger partial charge is 0.339 e. The van der Waals surface area contributed by atoms with Crippen molar-refractivity contribution in [2.24, 2.45) is 0 Å². The first-order valence-corrected chi connectivity index (χ1v) is 8.95. The number of ether oxygens (including phenoxy) is 2. The van der Waals surface area contributed by atoms with Crippen LogP contribution in [0.15, 0.2) is 42.5 Å². The molecule has 27 heavy (non-hydrogen) atoms. The molecule has 0 fully saturated rings. The van der Waals surface area contributed by atoms with Crippen LogP contribution >= 0.6 is 11.6 Å². The van der Waals surface area contributed by atoms with Gasteiger partial charge in [0, 0.05) is 5.69 Å². The second-order valence-corrected chi connectivity index (χ2v) is 7.62. The first-order chi connectivity index (χ1) is 12.6. The van der Waals surface area contributed by atoms with Crippen molar-refractivity contribution in [3.8, 4) is 5.75 Å². The topological polar surface area (TPSA) is 64.6 Å². The number of carbonyl (C=O) groups is 2. The molecule has 0 saturated heterocycles. The molecule has 1 unspecified atom stereocenters. The number of hydrogen-bond acceptors (Lipinski definition) is 4. The van der Waals surface area contributed by atoms with Crippen molar-refractivity contribution in [3.63, 3.8) is 0 Å². The monoisotopic (exact) mass is 389 g/mol. The lowest BCUT2D eigenvalue weighted by Gasteiger charge is -2.20. The number of nitrogens with one attached hydrogen (secondary N) is 1. The van der Waals surface area contributed by atoms with Crippen LogP contribution in [-0.2, 0) is 14.9 Å². The van der Waals surface area contributed by atoms with Gasteiger partial charge < -0.3 is 14.8 Å². The number of halogens is 1. The number of rotatable bonds is 5. The van der Waals surface area contributed by atoms with E-state index in [2.05, 4.69) is 30.8 Å². The molecule has 0 aromatic heterocycles. The van der Waals surface area contributed by atoms with E-state index < -0.39 is 12.1 Å². The van der Waals surface area contributed by atoms with Crippen LogP contribution in [0, 0.1) is 0 Å². The molecule has 1 N–H and O–H groups in total. The molecular weight excluding hydrogens is 366 g/mol. The van der Waals surface area contributed by atoms with E-state index in [0.717, 1.165) is 0 Å².